The molecule has 2 amide bonds. The smallest absolute Gasteiger partial charge is 0.228 e. The maximum atomic E-state index is 13.1. The second-order valence-electron chi connectivity index (χ2n) is 9.09. The monoisotopic (exact) mass is 444 g/mol. The van der Waals surface area contributed by atoms with Crippen molar-refractivity contribution >= 4 is 17.5 Å². The van der Waals surface area contributed by atoms with Gasteiger partial charge in [0.15, 0.2) is 0 Å². The standard InChI is InChI=1S/C26H28N4O3/c1-18-7-9-22(10-8-18)30-17-21(16-24(30)31)26(32)29-13-11-19(12-14-29)15-23-27-25(28-33-23)20-5-3-2-4-6-20/h2-10,19,21H,11-17H2,1H3. The zero-order valence-corrected chi connectivity index (χ0v) is 18.8. The van der Waals surface area contributed by atoms with Crippen LogP contribution in [0.5, 0.6) is 0 Å². The number of carbonyl (C=O) groups excluding carboxylic acids is 2. The lowest BCUT2D eigenvalue weighted by molar-refractivity contribution is -0.137. The van der Waals surface area contributed by atoms with Crippen molar-refractivity contribution in [1.29, 1.82) is 0 Å². The van der Waals surface area contributed by atoms with E-state index in [-0.39, 0.29) is 24.2 Å². The Morgan fingerprint density at radius 3 is 2.52 bits per heavy atom. The molecule has 1 aromatic heterocycles. The van der Waals surface area contributed by atoms with Gasteiger partial charge in [-0.1, -0.05) is 53.2 Å². The molecule has 7 nitrogen and oxygen atoms in total. The van der Waals surface area contributed by atoms with Crippen molar-refractivity contribution < 1.29 is 14.1 Å². The fourth-order valence-electron chi connectivity index (χ4n) is 4.75. The Kier molecular flexibility index (Phi) is 5.94. The molecule has 3 aromatic rings. The summed E-state index contributed by atoms with van der Waals surface area (Å²) < 4.78 is 5.47. The zero-order valence-electron chi connectivity index (χ0n) is 18.8. The molecule has 2 saturated heterocycles. The number of hydrogen-bond donors (Lipinski definition) is 0. The summed E-state index contributed by atoms with van der Waals surface area (Å²) in [6.07, 6.45) is 2.82. The van der Waals surface area contributed by atoms with Crippen LogP contribution >= 0.6 is 0 Å². The van der Waals surface area contributed by atoms with E-state index < -0.39 is 0 Å². The van der Waals surface area contributed by atoms with E-state index in [0.29, 0.717) is 37.3 Å². The van der Waals surface area contributed by atoms with Crippen LogP contribution in [0.15, 0.2) is 59.1 Å². The van der Waals surface area contributed by atoms with E-state index in [1.807, 2.05) is 66.4 Å². The fraction of sp³-hybridized carbons (Fsp3) is 0.385. The van der Waals surface area contributed by atoms with Gasteiger partial charge in [0.2, 0.25) is 23.5 Å². The normalized spacial score (nSPS) is 19.3. The van der Waals surface area contributed by atoms with Crippen molar-refractivity contribution in [2.24, 2.45) is 11.8 Å². The van der Waals surface area contributed by atoms with E-state index in [4.69, 9.17) is 4.52 Å². The number of piperidine rings is 1. The number of anilines is 1. The van der Waals surface area contributed by atoms with Gasteiger partial charge in [-0.3, -0.25) is 9.59 Å². The molecule has 1 unspecified atom stereocenters. The van der Waals surface area contributed by atoms with Gasteiger partial charge < -0.3 is 14.3 Å². The summed E-state index contributed by atoms with van der Waals surface area (Å²) in [5.74, 6) is 1.53. The molecule has 1 atom stereocenters. The average Bonchev–Trinajstić information content (AvgIpc) is 3.47. The number of likely N-dealkylation sites (tertiary alicyclic amines) is 1. The zero-order chi connectivity index (χ0) is 22.8. The number of nitrogens with zero attached hydrogens (tertiary/aromatic N) is 4. The molecule has 0 N–H and O–H groups in total. The molecule has 0 aliphatic carbocycles. The van der Waals surface area contributed by atoms with Gasteiger partial charge in [-0.15, -0.1) is 0 Å². The lowest BCUT2D eigenvalue weighted by Gasteiger charge is -2.33. The number of rotatable bonds is 5. The highest BCUT2D eigenvalue weighted by molar-refractivity contribution is 6.00. The molecule has 0 radical (unpaired) electrons. The molecule has 2 aromatic carbocycles. The van der Waals surface area contributed by atoms with Crippen LogP contribution in [-0.4, -0.2) is 46.5 Å². The molecular formula is C26H28N4O3. The predicted molar refractivity (Wildman–Crippen MR) is 124 cm³/mol. The SMILES string of the molecule is Cc1ccc(N2CC(C(=O)N3CCC(Cc4nc(-c5ccccc5)no4)CC3)CC2=O)cc1. The summed E-state index contributed by atoms with van der Waals surface area (Å²) in [5, 5.41) is 4.10. The molecule has 0 spiro atoms. The minimum absolute atomic E-state index is 0.0257. The van der Waals surface area contributed by atoms with E-state index in [1.165, 1.54) is 0 Å². The number of aryl methyl sites for hydroxylation is 1. The first-order valence-corrected chi connectivity index (χ1v) is 11.6. The van der Waals surface area contributed by atoms with Gasteiger partial charge >= 0.3 is 0 Å². The number of aromatic nitrogens is 2. The van der Waals surface area contributed by atoms with Crippen molar-refractivity contribution in [3.05, 3.63) is 66.1 Å². The summed E-state index contributed by atoms with van der Waals surface area (Å²) in [5.41, 5.74) is 2.96. The summed E-state index contributed by atoms with van der Waals surface area (Å²) in [7, 11) is 0. The summed E-state index contributed by atoms with van der Waals surface area (Å²) >= 11 is 0. The largest absolute Gasteiger partial charge is 0.342 e. The Labute approximate surface area is 193 Å². The molecule has 3 heterocycles. The maximum absolute atomic E-state index is 13.1. The minimum atomic E-state index is -0.264. The summed E-state index contributed by atoms with van der Waals surface area (Å²) in [6.45, 7) is 3.90. The van der Waals surface area contributed by atoms with Crippen molar-refractivity contribution in [3.63, 3.8) is 0 Å². The van der Waals surface area contributed by atoms with E-state index in [0.717, 1.165) is 36.1 Å². The molecule has 2 aliphatic rings. The van der Waals surface area contributed by atoms with Gasteiger partial charge in [0, 0.05) is 43.7 Å². The van der Waals surface area contributed by atoms with Gasteiger partial charge in [0.05, 0.1) is 5.92 Å². The van der Waals surface area contributed by atoms with Crippen LogP contribution in [-0.2, 0) is 16.0 Å². The molecule has 0 saturated carbocycles. The molecule has 170 valence electrons. The molecule has 2 aliphatic heterocycles. The third-order valence-corrected chi connectivity index (χ3v) is 6.71. The lowest BCUT2D eigenvalue weighted by Crippen LogP contribution is -2.42. The molecule has 7 heteroatoms. The third kappa shape index (κ3) is 4.67. The van der Waals surface area contributed by atoms with Crippen LogP contribution in [0, 0.1) is 18.8 Å². The van der Waals surface area contributed by atoms with Gasteiger partial charge in [0.1, 0.15) is 0 Å². The van der Waals surface area contributed by atoms with E-state index in [1.54, 1.807) is 4.90 Å². The van der Waals surface area contributed by atoms with E-state index in [9.17, 15) is 9.59 Å². The number of hydrogen-bond acceptors (Lipinski definition) is 5. The fourth-order valence-corrected chi connectivity index (χ4v) is 4.75. The predicted octanol–water partition coefficient (Wildman–Crippen LogP) is 3.88. The number of amides is 2. The van der Waals surface area contributed by atoms with Gasteiger partial charge in [-0.2, -0.15) is 4.98 Å². The Morgan fingerprint density at radius 1 is 1.06 bits per heavy atom. The second-order valence-corrected chi connectivity index (χ2v) is 9.09. The van der Waals surface area contributed by atoms with Crippen LogP contribution in [0.3, 0.4) is 0 Å². The molecule has 2 fully saturated rings. The Morgan fingerprint density at radius 2 is 1.79 bits per heavy atom. The first-order chi connectivity index (χ1) is 16.1. The van der Waals surface area contributed by atoms with Crippen LogP contribution in [0.2, 0.25) is 0 Å². The first kappa shape index (κ1) is 21.4. The summed E-state index contributed by atoms with van der Waals surface area (Å²) in [4.78, 5) is 33.9. The van der Waals surface area contributed by atoms with Crippen molar-refractivity contribution in [3.8, 4) is 11.4 Å². The number of benzene rings is 2. The third-order valence-electron chi connectivity index (χ3n) is 6.71. The van der Waals surface area contributed by atoms with Crippen molar-refractivity contribution in [2.45, 2.75) is 32.6 Å². The van der Waals surface area contributed by atoms with Gasteiger partial charge in [-0.25, -0.2) is 0 Å². The Balaban J connectivity index is 1.14. The average molecular weight is 445 g/mol. The first-order valence-electron chi connectivity index (χ1n) is 11.6. The van der Waals surface area contributed by atoms with Crippen LogP contribution in [0.25, 0.3) is 11.4 Å². The van der Waals surface area contributed by atoms with E-state index >= 15 is 0 Å². The topological polar surface area (TPSA) is 79.5 Å². The highest BCUT2D eigenvalue weighted by Crippen LogP contribution is 2.29. The second kappa shape index (κ2) is 9.17. The summed E-state index contributed by atoms with van der Waals surface area (Å²) in [6, 6.07) is 17.7. The Hall–Kier alpha value is -3.48. The van der Waals surface area contributed by atoms with Crippen LogP contribution < -0.4 is 4.90 Å². The lowest BCUT2D eigenvalue weighted by atomic mass is 9.92. The van der Waals surface area contributed by atoms with Gasteiger partial charge in [0.25, 0.3) is 0 Å². The van der Waals surface area contributed by atoms with Crippen LogP contribution in [0.1, 0.15) is 30.7 Å². The molecule has 33 heavy (non-hydrogen) atoms. The quantitative estimate of drug-likeness (QED) is 0.597. The highest BCUT2D eigenvalue weighted by Gasteiger charge is 2.38. The van der Waals surface area contributed by atoms with Crippen LogP contribution in [0.4, 0.5) is 5.69 Å². The highest BCUT2D eigenvalue weighted by atomic mass is 16.5. The molecule has 0 bridgehead atoms. The molecule has 5 rings (SSSR count). The van der Waals surface area contributed by atoms with Crippen molar-refractivity contribution in [2.75, 3.05) is 24.5 Å². The van der Waals surface area contributed by atoms with Crippen molar-refractivity contribution in [1.82, 2.24) is 15.0 Å². The number of carbonyl (C=O) groups is 2. The minimum Gasteiger partial charge on any atom is -0.342 e. The van der Waals surface area contributed by atoms with Gasteiger partial charge in [-0.05, 0) is 37.8 Å². The Bertz CT molecular complexity index is 1120. The molecular weight excluding hydrogens is 416 g/mol. The van der Waals surface area contributed by atoms with E-state index in [2.05, 4.69) is 10.1 Å². The maximum Gasteiger partial charge on any atom is 0.228 e.